The zero-order valence-corrected chi connectivity index (χ0v) is 12.3. The summed E-state index contributed by atoms with van der Waals surface area (Å²) in [6.45, 7) is 2.15. The van der Waals surface area contributed by atoms with Crippen molar-refractivity contribution in [3.05, 3.63) is 35.9 Å². The predicted molar refractivity (Wildman–Crippen MR) is 81.6 cm³/mol. The van der Waals surface area contributed by atoms with Crippen molar-refractivity contribution in [1.82, 2.24) is 0 Å². The van der Waals surface area contributed by atoms with Crippen LogP contribution in [0.4, 0.5) is 0 Å². The highest BCUT2D eigenvalue weighted by Gasteiger charge is 2.17. The summed E-state index contributed by atoms with van der Waals surface area (Å²) in [7, 11) is 0. The van der Waals surface area contributed by atoms with Gasteiger partial charge in [-0.05, 0) is 35.7 Å². The molecule has 0 saturated heterocycles. The van der Waals surface area contributed by atoms with Gasteiger partial charge in [-0.15, -0.1) is 11.8 Å². The Morgan fingerprint density at radius 2 is 2.00 bits per heavy atom. The minimum Gasteiger partial charge on any atom is -0.480 e. The second-order valence-electron chi connectivity index (χ2n) is 3.94. The fourth-order valence-corrected chi connectivity index (χ4v) is 3.44. The lowest BCUT2D eigenvalue weighted by atomic mass is 10.1. The first-order valence-electron chi connectivity index (χ1n) is 6.20. The Morgan fingerprint density at radius 1 is 1.28 bits per heavy atom. The molecule has 0 aliphatic rings. The minimum absolute atomic E-state index is 0.320. The molecule has 1 rings (SSSR count). The highest BCUT2D eigenvalue weighted by molar-refractivity contribution is 8.01. The molecular weight excluding hydrogens is 264 g/mol. The fourth-order valence-electron chi connectivity index (χ4n) is 1.58. The van der Waals surface area contributed by atoms with E-state index in [2.05, 4.69) is 6.92 Å². The van der Waals surface area contributed by atoms with Crippen LogP contribution in [0.3, 0.4) is 0 Å². The van der Waals surface area contributed by atoms with Crippen LogP contribution in [0.5, 0.6) is 0 Å². The maximum Gasteiger partial charge on any atom is 0.316 e. The van der Waals surface area contributed by atoms with E-state index in [-0.39, 0.29) is 5.25 Å². The topological polar surface area (TPSA) is 37.3 Å². The minimum atomic E-state index is -0.702. The Balaban J connectivity index is 2.34. The van der Waals surface area contributed by atoms with Gasteiger partial charge in [0.1, 0.15) is 5.25 Å². The summed E-state index contributed by atoms with van der Waals surface area (Å²) in [4.78, 5) is 11.2. The molecule has 1 N–H and O–H groups in total. The first-order valence-corrected chi connectivity index (χ1v) is 8.40. The third-order valence-electron chi connectivity index (χ3n) is 2.50. The van der Waals surface area contributed by atoms with Gasteiger partial charge in [-0.1, -0.05) is 37.3 Å². The van der Waals surface area contributed by atoms with E-state index < -0.39 is 5.97 Å². The van der Waals surface area contributed by atoms with Crippen LogP contribution in [-0.4, -0.2) is 33.6 Å². The summed E-state index contributed by atoms with van der Waals surface area (Å²) >= 11 is 3.47. The van der Waals surface area contributed by atoms with Crippen LogP contribution in [0.25, 0.3) is 0 Å². The zero-order chi connectivity index (χ0) is 13.2. The van der Waals surface area contributed by atoms with Gasteiger partial charge in [0.15, 0.2) is 0 Å². The van der Waals surface area contributed by atoms with Crippen LogP contribution < -0.4 is 0 Å². The van der Waals surface area contributed by atoms with Crippen molar-refractivity contribution >= 4 is 29.5 Å². The number of benzene rings is 1. The van der Waals surface area contributed by atoms with Gasteiger partial charge in [0.25, 0.3) is 0 Å². The molecule has 0 fully saturated rings. The summed E-state index contributed by atoms with van der Waals surface area (Å²) in [5, 5.41) is 8.89. The zero-order valence-electron chi connectivity index (χ0n) is 10.7. The van der Waals surface area contributed by atoms with Gasteiger partial charge in [0.05, 0.1) is 0 Å². The van der Waals surface area contributed by atoms with Crippen LogP contribution in [0.15, 0.2) is 30.3 Å². The van der Waals surface area contributed by atoms with Gasteiger partial charge in [-0.3, -0.25) is 4.79 Å². The third kappa shape index (κ3) is 6.36. The van der Waals surface area contributed by atoms with E-state index in [0.717, 1.165) is 29.2 Å². The average molecular weight is 284 g/mol. The summed E-state index contributed by atoms with van der Waals surface area (Å²) in [5.41, 5.74) is 1.10. The molecule has 0 radical (unpaired) electrons. The molecule has 0 heterocycles. The normalized spacial score (nSPS) is 12.3. The lowest BCUT2D eigenvalue weighted by Gasteiger charge is -2.11. The smallest absolute Gasteiger partial charge is 0.316 e. The van der Waals surface area contributed by atoms with Crippen molar-refractivity contribution in [1.29, 1.82) is 0 Å². The number of carbonyl (C=O) groups is 1. The first-order chi connectivity index (χ1) is 8.74. The number of hydrogen-bond donors (Lipinski definition) is 1. The highest BCUT2D eigenvalue weighted by atomic mass is 32.2. The van der Waals surface area contributed by atoms with Gasteiger partial charge in [0.2, 0.25) is 0 Å². The maximum absolute atomic E-state index is 11.2. The Labute approximate surface area is 118 Å². The van der Waals surface area contributed by atoms with Crippen molar-refractivity contribution in [2.24, 2.45) is 0 Å². The van der Waals surface area contributed by atoms with Crippen LogP contribution in [0.1, 0.15) is 18.9 Å². The lowest BCUT2D eigenvalue weighted by molar-refractivity contribution is -0.136. The molecule has 0 aromatic heterocycles. The number of carboxylic acids is 1. The molecule has 0 aliphatic heterocycles. The van der Waals surface area contributed by atoms with E-state index in [0.29, 0.717) is 6.42 Å². The van der Waals surface area contributed by atoms with Crippen molar-refractivity contribution in [3.63, 3.8) is 0 Å². The van der Waals surface area contributed by atoms with E-state index in [4.69, 9.17) is 0 Å². The first kappa shape index (κ1) is 15.4. The Bertz CT molecular complexity index is 341. The molecule has 0 amide bonds. The fraction of sp³-hybridized carbons (Fsp3) is 0.500. The SMILES string of the molecule is CCSCCCSC(Cc1ccccc1)C(=O)O. The standard InChI is InChI=1S/C14H20O2S2/c1-2-17-9-6-10-18-13(14(15)16)11-12-7-4-3-5-8-12/h3-5,7-8,13H,2,6,9-11H2,1H3,(H,15,16). The van der Waals surface area contributed by atoms with Gasteiger partial charge in [0, 0.05) is 0 Å². The van der Waals surface area contributed by atoms with Gasteiger partial charge in [-0.2, -0.15) is 11.8 Å². The van der Waals surface area contributed by atoms with E-state index in [9.17, 15) is 9.90 Å². The summed E-state index contributed by atoms with van der Waals surface area (Å²) in [6.07, 6.45) is 1.70. The molecule has 0 bridgehead atoms. The largest absolute Gasteiger partial charge is 0.480 e. The lowest BCUT2D eigenvalue weighted by Crippen LogP contribution is -2.19. The van der Waals surface area contributed by atoms with Gasteiger partial charge >= 0.3 is 5.97 Å². The number of thioether (sulfide) groups is 2. The quantitative estimate of drug-likeness (QED) is 0.704. The molecule has 100 valence electrons. The van der Waals surface area contributed by atoms with E-state index in [1.165, 1.54) is 0 Å². The summed E-state index contributed by atoms with van der Waals surface area (Å²) < 4.78 is 0. The van der Waals surface area contributed by atoms with Crippen LogP contribution >= 0.6 is 23.5 Å². The van der Waals surface area contributed by atoms with Gasteiger partial charge < -0.3 is 5.11 Å². The molecule has 0 saturated carbocycles. The van der Waals surface area contributed by atoms with Crippen LogP contribution in [-0.2, 0) is 11.2 Å². The van der Waals surface area contributed by atoms with Crippen LogP contribution in [0, 0.1) is 0 Å². The second-order valence-corrected chi connectivity index (χ2v) is 6.64. The van der Waals surface area contributed by atoms with Crippen molar-refractivity contribution in [3.8, 4) is 0 Å². The molecule has 1 aromatic rings. The average Bonchev–Trinajstić information content (AvgIpc) is 2.38. The Kier molecular flexibility index (Phi) is 8.01. The van der Waals surface area contributed by atoms with E-state index >= 15 is 0 Å². The number of aliphatic carboxylic acids is 1. The molecule has 1 aromatic carbocycles. The highest BCUT2D eigenvalue weighted by Crippen LogP contribution is 2.18. The third-order valence-corrected chi connectivity index (χ3v) is 4.78. The van der Waals surface area contributed by atoms with Crippen molar-refractivity contribution < 1.29 is 9.90 Å². The predicted octanol–water partition coefficient (Wildman–Crippen LogP) is 3.56. The van der Waals surface area contributed by atoms with Crippen molar-refractivity contribution in [2.75, 3.05) is 17.3 Å². The number of rotatable bonds is 9. The second kappa shape index (κ2) is 9.34. The molecule has 4 heteroatoms. The summed E-state index contributed by atoms with van der Waals surface area (Å²) in [5.74, 6) is 2.49. The molecule has 18 heavy (non-hydrogen) atoms. The molecular formula is C14H20O2S2. The molecule has 0 aliphatic carbocycles. The molecule has 1 unspecified atom stereocenters. The Morgan fingerprint density at radius 3 is 2.61 bits per heavy atom. The number of carboxylic acid groups (broad SMARTS) is 1. The maximum atomic E-state index is 11.2. The molecule has 1 atom stereocenters. The molecule has 2 nitrogen and oxygen atoms in total. The Hall–Kier alpha value is -0.610. The van der Waals surface area contributed by atoms with E-state index in [1.54, 1.807) is 11.8 Å². The van der Waals surface area contributed by atoms with E-state index in [1.807, 2.05) is 42.1 Å². The monoisotopic (exact) mass is 284 g/mol. The summed E-state index contributed by atoms with van der Waals surface area (Å²) in [6, 6.07) is 9.84. The van der Waals surface area contributed by atoms with Crippen LogP contribution in [0.2, 0.25) is 0 Å². The van der Waals surface area contributed by atoms with Gasteiger partial charge in [-0.25, -0.2) is 0 Å². The number of hydrogen-bond acceptors (Lipinski definition) is 3. The molecule has 0 spiro atoms. The van der Waals surface area contributed by atoms with Crippen molar-refractivity contribution in [2.45, 2.75) is 25.0 Å².